The number of ether oxygens (including phenoxy) is 1. The van der Waals surface area contributed by atoms with E-state index in [1.807, 2.05) is 36.3 Å². The minimum Gasteiger partial charge on any atom is -0.483 e. The second-order valence-corrected chi connectivity index (χ2v) is 8.65. The highest BCUT2D eigenvalue weighted by Gasteiger charge is 2.42. The zero-order valence-electron chi connectivity index (χ0n) is 20.3. The fourth-order valence-corrected chi connectivity index (χ4v) is 4.88. The maximum absolute atomic E-state index is 13.2. The van der Waals surface area contributed by atoms with Crippen LogP contribution < -0.4 is 0 Å². The Balaban J connectivity index is 0.000000550. The fourth-order valence-electron chi connectivity index (χ4n) is 4.88. The SMILES string of the molecule is CN1CCOC[C@@H]1C(=O)N1CCC(c2ccccc2)(c2cn3ccccc3n2)CC1.O=CO.O=CO. The Morgan fingerprint density at radius 2 is 1.67 bits per heavy atom. The number of pyridine rings is 1. The van der Waals surface area contributed by atoms with Crippen LogP contribution >= 0.6 is 0 Å². The number of fused-ring (bicyclic) bond motifs is 1. The number of likely N-dealkylation sites (tertiary alicyclic amines) is 1. The Morgan fingerprint density at radius 3 is 2.28 bits per heavy atom. The number of carboxylic acid groups (broad SMARTS) is 2. The van der Waals surface area contributed by atoms with Crippen molar-refractivity contribution in [3.63, 3.8) is 0 Å². The van der Waals surface area contributed by atoms with E-state index in [1.54, 1.807) is 0 Å². The molecule has 2 fully saturated rings. The summed E-state index contributed by atoms with van der Waals surface area (Å²) >= 11 is 0. The van der Waals surface area contributed by atoms with Crippen LogP contribution in [-0.4, -0.2) is 94.2 Å². The van der Waals surface area contributed by atoms with E-state index in [9.17, 15) is 4.79 Å². The van der Waals surface area contributed by atoms with Gasteiger partial charge in [0, 0.05) is 37.4 Å². The third-order valence-corrected chi connectivity index (χ3v) is 6.79. The Morgan fingerprint density at radius 1 is 1.03 bits per heavy atom. The summed E-state index contributed by atoms with van der Waals surface area (Å²) in [5.74, 6) is 0.189. The second kappa shape index (κ2) is 12.8. The number of amides is 1. The first kappa shape index (κ1) is 26.8. The van der Waals surface area contributed by atoms with Gasteiger partial charge in [0.1, 0.15) is 11.7 Å². The first-order chi connectivity index (χ1) is 17.5. The van der Waals surface area contributed by atoms with E-state index in [0.29, 0.717) is 13.2 Å². The van der Waals surface area contributed by atoms with Crippen molar-refractivity contribution in [1.82, 2.24) is 19.2 Å². The Bertz CT molecular complexity index is 1090. The largest absolute Gasteiger partial charge is 0.483 e. The Kier molecular flexibility index (Phi) is 9.54. The normalized spacial score (nSPS) is 19.2. The standard InChI is InChI=1S/C24H28N4O2.2CH2O2/c1-26-15-16-30-18-20(26)23(29)27-13-10-24(11-14-27,19-7-3-2-4-8-19)21-17-28-12-6-5-9-22(28)25-21;2*2-1-3/h2-9,12,17,20H,10-11,13-16,18H2,1H3;2*1H,(H,2,3)/t20-;;/m1../s1. The van der Waals surface area contributed by atoms with Crippen LogP contribution in [0.15, 0.2) is 60.9 Å². The number of aromatic nitrogens is 2. The average molecular weight is 497 g/mol. The molecule has 0 bridgehead atoms. The number of benzene rings is 1. The van der Waals surface area contributed by atoms with Crippen molar-refractivity contribution < 1.29 is 29.3 Å². The number of likely N-dealkylation sites (N-methyl/N-ethyl adjacent to an activating group) is 1. The Hall–Kier alpha value is -3.76. The predicted octanol–water partition coefficient (Wildman–Crippen LogP) is 1.98. The highest BCUT2D eigenvalue weighted by molar-refractivity contribution is 5.82. The molecule has 1 amide bonds. The van der Waals surface area contributed by atoms with Crippen LogP contribution in [-0.2, 0) is 24.5 Å². The number of imidazole rings is 1. The quantitative estimate of drug-likeness (QED) is 0.528. The molecule has 5 rings (SSSR count). The smallest absolute Gasteiger partial charge is 0.290 e. The average Bonchev–Trinajstić information content (AvgIpc) is 3.35. The molecule has 4 heterocycles. The molecule has 1 atom stereocenters. The number of nitrogens with zero attached hydrogens (tertiary/aromatic N) is 4. The summed E-state index contributed by atoms with van der Waals surface area (Å²) in [7, 11) is 2.01. The van der Waals surface area contributed by atoms with Crippen LogP contribution in [0.2, 0.25) is 0 Å². The van der Waals surface area contributed by atoms with Crippen molar-refractivity contribution in [3.8, 4) is 0 Å². The summed E-state index contributed by atoms with van der Waals surface area (Å²) in [6, 6.07) is 16.6. The summed E-state index contributed by atoms with van der Waals surface area (Å²) < 4.78 is 7.66. The van der Waals surface area contributed by atoms with Gasteiger partial charge in [0.25, 0.3) is 12.9 Å². The highest BCUT2D eigenvalue weighted by atomic mass is 16.5. The molecule has 0 spiro atoms. The van der Waals surface area contributed by atoms with E-state index >= 15 is 0 Å². The monoisotopic (exact) mass is 496 g/mol. The van der Waals surface area contributed by atoms with Crippen LogP contribution in [0.5, 0.6) is 0 Å². The zero-order chi connectivity index (χ0) is 26.0. The molecule has 192 valence electrons. The van der Waals surface area contributed by atoms with Crippen LogP contribution in [0.25, 0.3) is 5.65 Å². The molecule has 0 unspecified atom stereocenters. The van der Waals surface area contributed by atoms with Gasteiger partial charge in [0.05, 0.1) is 18.9 Å². The number of rotatable bonds is 3. The van der Waals surface area contributed by atoms with Gasteiger partial charge in [-0.1, -0.05) is 36.4 Å². The summed E-state index contributed by atoms with van der Waals surface area (Å²) in [5, 5.41) is 13.8. The molecule has 2 saturated heterocycles. The lowest BCUT2D eigenvalue weighted by atomic mass is 9.70. The van der Waals surface area contributed by atoms with Crippen molar-refractivity contribution >= 4 is 24.5 Å². The molecule has 0 radical (unpaired) electrons. The molecular weight excluding hydrogens is 464 g/mol. The Labute approximate surface area is 209 Å². The van der Waals surface area contributed by atoms with Crippen LogP contribution in [0.4, 0.5) is 0 Å². The van der Waals surface area contributed by atoms with Gasteiger partial charge in [0.2, 0.25) is 5.91 Å². The maximum atomic E-state index is 13.2. The summed E-state index contributed by atoms with van der Waals surface area (Å²) in [4.78, 5) is 39.0. The highest BCUT2D eigenvalue weighted by Crippen LogP contribution is 2.41. The van der Waals surface area contributed by atoms with Gasteiger partial charge in [-0.05, 0) is 37.6 Å². The third kappa shape index (κ3) is 5.89. The minimum atomic E-state index is -0.250. The van der Waals surface area contributed by atoms with Crippen LogP contribution in [0, 0.1) is 0 Å². The number of morpholine rings is 1. The predicted molar refractivity (Wildman–Crippen MR) is 133 cm³/mol. The molecule has 2 aliphatic heterocycles. The molecule has 0 saturated carbocycles. The molecule has 2 N–H and O–H groups in total. The van der Waals surface area contributed by atoms with E-state index in [4.69, 9.17) is 29.5 Å². The lowest BCUT2D eigenvalue weighted by Gasteiger charge is -2.43. The molecule has 1 aromatic carbocycles. The van der Waals surface area contributed by atoms with E-state index in [2.05, 4.69) is 45.8 Å². The van der Waals surface area contributed by atoms with E-state index in [1.165, 1.54) is 5.56 Å². The fraction of sp³-hybridized carbons (Fsp3) is 0.385. The van der Waals surface area contributed by atoms with Gasteiger partial charge in [-0.2, -0.15) is 0 Å². The van der Waals surface area contributed by atoms with Crippen molar-refractivity contribution in [1.29, 1.82) is 0 Å². The topological polar surface area (TPSA) is 125 Å². The van der Waals surface area contributed by atoms with Crippen molar-refractivity contribution in [2.24, 2.45) is 0 Å². The molecule has 36 heavy (non-hydrogen) atoms. The van der Waals surface area contributed by atoms with Crippen LogP contribution in [0.1, 0.15) is 24.1 Å². The molecule has 2 aromatic heterocycles. The molecule has 3 aromatic rings. The number of hydrogen-bond donors (Lipinski definition) is 2. The summed E-state index contributed by atoms with van der Waals surface area (Å²) in [6.07, 6.45) is 5.93. The van der Waals surface area contributed by atoms with Gasteiger partial charge in [-0.3, -0.25) is 19.3 Å². The number of carbonyl (C=O) groups is 3. The van der Waals surface area contributed by atoms with E-state index < -0.39 is 0 Å². The number of carbonyl (C=O) groups excluding carboxylic acids is 1. The first-order valence-electron chi connectivity index (χ1n) is 11.7. The minimum absolute atomic E-state index is 0.168. The molecule has 2 aliphatic rings. The second-order valence-electron chi connectivity index (χ2n) is 8.65. The third-order valence-electron chi connectivity index (χ3n) is 6.79. The number of piperidine rings is 1. The van der Waals surface area contributed by atoms with E-state index in [0.717, 1.165) is 43.8 Å². The van der Waals surface area contributed by atoms with Crippen molar-refractivity contribution in [3.05, 3.63) is 72.2 Å². The van der Waals surface area contributed by atoms with Gasteiger partial charge < -0.3 is 24.3 Å². The summed E-state index contributed by atoms with van der Waals surface area (Å²) in [6.45, 7) is 2.95. The lowest BCUT2D eigenvalue weighted by Crippen LogP contribution is -2.56. The van der Waals surface area contributed by atoms with Gasteiger partial charge >= 0.3 is 0 Å². The lowest BCUT2D eigenvalue weighted by molar-refractivity contribution is -0.143. The van der Waals surface area contributed by atoms with Crippen LogP contribution in [0.3, 0.4) is 0 Å². The maximum Gasteiger partial charge on any atom is 0.290 e. The van der Waals surface area contributed by atoms with Gasteiger partial charge in [-0.15, -0.1) is 0 Å². The van der Waals surface area contributed by atoms with Gasteiger partial charge in [0.15, 0.2) is 0 Å². The molecular formula is C26H32N4O6. The van der Waals surface area contributed by atoms with Gasteiger partial charge in [-0.25, -0.2) is 4.98 Å². The molecule has 10 nitrogen and oxygen atoms in total. The van der Waals surface area contributed by atoms with Crippen molar-refractivity contribution in [2.75, 3.05) is 39.9 Å². The van der Waals surface area contributed by atoms with Crippen molar-refractivity contribution in [2.45, 2.75) is 24.3 Å². The summed E-state index contributed by atoms with van der Waals surface area (Å²) in [5.41, 5.74) is 3.14. The molecule has 0 aliphatic carbocycles. The van der Waals surface area contributed by atoms with E-state index in [-0.39, 0.29) is 30.3 Å². The zero-order valence-corrected chi connectivity index (χ0v) is 20.3. The number of hydrogen-bond acceptors (Lipinski definition) is 6. The molecule has 10 heteroatoms. The first-order valence-corrected chi connectivity index (χ1v) is 11.7.